The summed E-state index contributed by atoms with van der Waals surface area (Å²) in [7, 11) is -3.68. The number of hydrogen-bond donors (Lipinski definition) is 2. The average Bonchev–Trinajstić information content (AvgIpc) is 2.73. The molecule has 164 valence electrons. The molecule has 0 aromatic heterocycles. The third-order valence-electron chi connectivity index (χ3n) is 5.18. The smallest absolute Gasteiger partial charge is 0.240 e. The summed E-state index contributed by atoms with van der Waals surface area (Å²) in [5, 5.41) is 9.92. The molecule has 0 saturated carbocycles. The molecule has 0 radical (unpaired) electrons. The molecule has 1 heterocycles. The fraction of sp³-hybridized carbons (Fsp3) is 0.429. The molecule has 0 aliphatic carbocycles. The lowest BCUT2D eigenvalue weighted by Crippen LogP contribution is -2.34. The molecule has 0 saturated heterocycles. The van der Waals surface area contributed by atoms with Crippen molar-refractivity contribution in [3.8, 4) is 0 Å². The van der Waals surface area contributed by atoms with E-state index in [9.17, 15) is 8.42 Å². The van der Waals surface area contributed by atoms with E-state index in [2.05, 4.69) is 16.5 Å². The Hall–Kier alpha value is -1.19. The highest BCUT2D eigenvalue weighted by molar-refractivity contribution is 7.89. The molecule has 0 amide bonds. The van der Waals surface area contributed by atoms with E-state index in [1.54, 1.807) is 24.3 Å². The van der Waals surface area contributed by atoms with Gasteiger partial charge in [0, 0.05) is 35.6 Å². The van der Waals surface area contributed by atoms with Crippen LogP contribution in [0.2, 0.25) is 10.0 Å². The van der Waals surface area contributed by atoms with Crippen molar-refractivity contribution < 1.29 is 18.3 Å². The molecule has 30 heavy (non-hydrogen) atoms. The lowest BCUT2D eigenvalue weighted by molar-refractivity contribution is 0.0961. The Bertz CT molecular complexity index is 985. The summed E-state index contributed by atoms with van der Waals surface area (Å²) in [6.07, 6.45) is 0. The number of aliphatic hydroxyl groups is 1. The number of fused-ring (bicyclic) bond motifs is 1. The van der Waals surface area contributed by atoms with Crippen LogP contribution in [0.3, 0.4) is 0 Å². The summed E-state index contributed by atoms with van der Waals surface area (Å²) < 4.78 is 33.1. The second kappa shape index (κ2) is 10.4. The number of aliphatic hydroxyl groups excluding tert-OH is 1. The maximum absolute atomic E-state index is 12.7. The first-order valence-corrected chi connectivity index (χ1v) is 12.1. The van der Waals surface area contributed by atoms with Gasteiger partial charge < -0.3 is 9.84 Å². The molecule has 1 aliphatic rings. The van der Waals surface area contributed by atoms with Crippen molar-refractivity contribution in [3.05, 3.63) is 63.1 Å². The van der Waals surface area contributed by atoms with Gasteiger partial charge in [-0.05, 0) is 47.5 Å². The molecule has 0 bridgehead atoms. The molecular weight excluding hydrogens is 447 g/mol. The van der Waals surface area contributed by atoms with Crippen LogP contribution in [-0.2, 0) is 21.3 Å². The number of nitrogens with one attached hydrogen (secondary N) is 1. The maximum Gasteiger partial charge on any atom is 0.240 e. The Kier molecular flexibility index (Phi) is 8.15. The van der Waals surface area contributed by atoms with Crippen LogP contribution in [0.15, 0.2) is 41.3 Å². The van der Waals surface area contributed by atoms with Gasteiger partial charge in [-0.2, -0.15) is 0 Å². The minimum absolute atomic E-state index is 0.0343. The van der Waals surface area contributed by atoms with Crippen molar-refractivity contribution in [2.24, 2.45) is 0 Å². The lowest BCUT2D eigenvalue weighted by atomic mass is 9.84. The predicted octanol–water partition coefficient (Wildman–Crippen LogP) is 3.25. The maximum atomic E-state index is 12.7. The van der Waals surface area contributed by atoms with E-state index in [-0.39, 0.29) is 37.2 Å². The number of benzene rings is 2. The van der Waals surface area contributed by atoms with E-state index in [1.165, 1.54) is 0 Å². The summed E-state index contributed by atoms with van der Waals surface area (Å²) in [6, 6.07) is 10.7. The molecule has 6 nitrogen and oxygen atoms in total. The van der Waals surface area contributed by atoms with Crippen LogP contribution in [0.1, 0.15) is 29.5 Å². The topological polar surface area (TPSA) is 78.9 Å². The van der Waals surface area contributed by atoms with Gasteiger partial charge in [0.1, 0.15) is 0 Å². The number of hydrogen-bond acceptors (Lipinski definition) is 5. The largest absolute Gasteiger partial charge is 0.394 e. The highest BCUT2D eigenvalue weighted by Gasteiger charge is 2.29. The van der Waals surface area contributed by atoms with Gasteiger partial charge in [-0.15, -0.1) is 0 Å². The van der Waals surface area contributed by atoms with Gasteiger partial charge in [0.2, 0.25) is 10.0 Å². The van der Waals surface area contributed by atoms with Crippen LogP contribution >= 0.6 is 23.2 Å². The molecule has 2 N–H and O–H groups in total. The van der Waals surface area contributed by atoms with Crippen LogP contribution in [0.5, 0.6) is 0 Å². The van der Waals surface area contributed by atoms with E-state index >= 15 is 0 Å². The lowest BCUT2D eigenvalue weighted by Gasteiger charge is -2.35. The third kappa shape index (κ3) is 5.53. The zero-order valence-electron chi connectivity index (χ0n) is 16.8. The number of sulfonamides is 1. The Morgan fingerprint density at radius 2 is 2.03 bits per heavy atom. The van der Waals surface area contributed by atoms with Crippen molar-refractivity contribution >= 4 is 33.2 Å². The van der Waals surface area contributed by atoms with Crippen molar-refractivity contribution in [1.29, 1.82) is 0 Å². The van der Waals surface area contributed by atoms with Gasteiger partial charge in [0.15, 0.2) is 0 Å². The van der Waals surface area contributed by atoms with Crippen LogP contribution in [0.4, 0.5) is 0 Å². The van der Waals surface area contributed by atoms with Gasteiger partial charge in [-0.25, -0.2) is 13.1 Å². The number of rotatable bonds is 9. The van der Waals surface area contributed by atoms with Crippen molar-refractivity contribution in [2.45, 2.75) is 24.3 Å². The van der Waals surface area contributed by atoms with E-state index in [0.29, 0.717) is 10.0 Å². The van der Waals surface area contributed by atoms with Gasteiger partial charge in [-0.1, -0.05) is 42.3 Å². The van der Waals surface area contributed by atoms with Crippen LogP contribution < -0.4 is 4.72 Å². The molecule has 0 fully saturated rings. The fourth-order valence-corrected chi connectivity index (χ4v) is 5.30. The van der Waals surface area contributed by atoms with Gasteiger partial charge in [-0.3, -0.25) is 4.90 Å². The van der Waals surface area contributed by atoms with Gasteiger partial charge >= 0.3 is 0 Å². The van der Waals surface area contributed by atoms with E-state index in [1.807, 2.05) is 12.1 Å². The monoisotopic (exact) mass is 472 g/mol. The first-order chi connectivity index (χ1) is 14.4. The molecule has 2 aromatic carbocycles. The second-order valence-electron chi connectivity index (χ2n) is 7.14. The molecule has 2 aromatic rings. The number of nitrogens with zero attached hydrogens (tertiary/aromatic N) is 1. The second-order valence-corrected chi connectivity index (χ2v) is 9.75. The van der Waals surface area contributed by atoms with Crippen LogP contribution in [0.25, 0.3) is 0 Å². The molecule has 3 rings (SSSR count). The highest BCUT2D eigenvalue weighted by atomic mass is 35.5. The number of halogens is 2. The first kappa shape index (κ1) is 23.5. The Morgan fingerprint density at radius 3 is 2.77 bits per heavy atom. The summed E-state index contributed by atoms with van der Waals surface area (Å²) >= 11 is 12.7. The van der Waals surface area contributed by atoms with Crippen molar-refractivity contribution in [2.75, 3.05) is 39.5 Å². The van der Waals surface area contributed by atoms with Crippen molar-refractivity contribution in [1.82, 2.24) is 9.62 Å². The zero-order valence-corrected chi connectivity index (χ0v) is 19.1. The SMILES string of the molecule is CCN1Cc2c(Cl)cc(Cl)cc2C(c2cccc(S(=O)(=O)NCCOCCO)c2)C1. The average molecular weight is 473 g/mol. The quantitative estimate of drug-likeness (QED) is 0.547. The standard InChI is InChI=1S/C21H26Cl2N2O4S/c1-2-25-13-19(18-11-16(22)12-21(23)20(18)14-25)15-4-3-5-17(10-15)30(27,28)24-6-8-29-9-7-26/h3-5,10-12,19,24,26H,2,6-9,13-14H2,1H3. The normalized spacial score (nSPS) is 17.1. The molecular formula is C21H26Cl2N2O4S. The van der Waals surface area contributed by atoms with Gasteiger partial charge in [0.05, 0.1) is 24.7 Å². The Balaban J connectivity index is 1.88. The summed E-state index contributed by atoms with van der Waals surface area (Å²) in [6.45, 7) is 4.86. The Morgan fingerprint density at radius 1 is 1.23 bits per heavy atom. The molecule has 1 aliphatic heterocycles. The zero-order chi connectivity index (χ0) is 21.7. The third-order valence-corrected chi connectivity index (χ3v) is 7.20. The molecule has 9 heteroatoms. The van der Waals surface area contributed by atoms with E-state index in [4.69, 9.17) is 33.0 Å². The van der Waals surface area contributed by atoms with E-state index in [0.717, 1.165) is 36.3 Å². The molecule has 1 unspecified atom stereocenters. The number of ether oxygens (including phenoxy) is 1. The summed E-state index contributed by atoms with van der Waals surface area (Å²) in [4.78, 5) is 2.48. The van der Waals surface area contributed by atoms with Crippen LogP contribution in [0, 0.1) is 0 Å². The van der Waals surface area contributed by atoms with Crippen molar-refractivity contribution in [3.63, 3.8) is 0 Å². The minimum Gasteiger partial charge on any atom is -0.394 e. The van der Waals surface area contributed by atoms with Crippen LogP contribution in [-0.4, -0.2) is 57.9 Å². The minimum atomic E-state index is -3.68. The summed E-state index contributed by atoms with van der Waals surface area (Å²) in [5.74, 6) is -0.0343. The van der Waals surface area contributed by atoms with E-state index < -0.39 is 10.0 Å². The summed E-state index contributed by atoms with van der Waals surface area (Å²) in [5.41, 5.74) is 2.97. The fourth-order valence-electron chi connectivity index (χ4n) is 3.67. The Labute approximate surface area is 187 Å². The number of likely N-dealkylation sites (N-methyl/N-ethyl adjacent to an activating group) is 1. The predicted molar refractivity (Wildman–Crippen MR) is 119 cm³/mol. The van der Waals surface area contributed by atoms with Gasteiger partial charge in [0.25, 0.3) is 0 Å². The highest BCUT2D eigenvalue weighted by Crippen LogP contribution is 2.39. The first-order valence-electron chi connectivity index (χ1n) is 9.84. The molecule has 1 atom stereocenters. The molecule has 0 spiro atoms.